The summed E-state index contributed by atoms with van der Waals surface area (Å²) in [5.41, 5.74) is 0. The van der Waals surface area contributed by atoms with Crippen molar-refractivity contribution in [1.82, 2.24) is 0 Å². The Bertz CT molecular complexity index is 582. The average Bonchev–Trinajstić information content (AvgIpc) is 3.36. The number of pyridine rings is 1. The molecule has 2 heterocycles. The molecule has 0 aromatic carbocycles. The highest BCUT2D eigenvalue weighted by Gasteiger charge is 2.25. The van der Waals surface area contributed by atoms with E-state index in [9.17, 15) is 0 Å². The van der Waals surface area contributed by atoms with Crippen LogP contribution >= 0.6 is 0 Å². The average molecular weight is 505 g/mol. The molecule has 208 valence electrons. The van der Waals surface area contributed by atoms with E-state index >= 15 is 0 Å². The van der Waals surface area contributed by atoms with E-state index in [2.05, 4.69) is 42.1 Å². The summed E-state index contributed by atoms with van der Waals surface area (Å²) in [6.07, 6.45) is 31.4. The van der Waals surface area contributed by atoms with Gasteiger partial charge in [-0.3, -0.25) is 0 Å². The first-order valence-corrected chi connectivity index (χ1v) is 15.7. The Morgan fingerprint density at radius 2 is 1.22 bits per heavy atom. The zero-order valence-corrected chi connectivity index (χ0v) is 23.7. The second-order valence-corrected chi connectivity index (χ2v) is 10.9. The Hall–Kier alpha value is -0.970. The SMILES string of the molecule is CCCCCCCCCCCCCCCCC[C@H]1OC[C@H](COCCCCCC[n+]2ccccc2)O1. The normalized spacial score (nSPS) is 17.7. The summed E-state index contributed by atoms with van der Waals surface area (Å²) in [7, 11) is 0. The lowest BCUT2D eigenvalue weighted by molar-refractivity contribution is -0.697. The van der Waals surface area contributed by atoms with Crippen molar-refractivity contribution in [2.24, 2.45) is 0 Å². The molecule has 1 fully saturated rings. The first-order chi connectivity index (χ1) is 17.9. The number of unbranched alkanes of at least 4 members (excludes halogenated alkanes) is 17. The van der Waals surface area contributed by atoms with Crippen LogP contribution in [0.1, 0.15) is 135 Å². The number of hydrogen-bond acceptors (Lipinski definition) is 3. The van der Waals surface area contributed by atoms with Crippen LogP contribution in [0.4, 0.5) is 0 Å². The highest BCUT2D eigenvalue weighted by molar-refractivity contribution is 4.83. The van der Waals surface area contributed by atoms with Gasteiger partial charge in [-0.2, -0.15) is 0 Å². The molecule has 1 aliphatic heterocycles. The number of hydrogen-bond donors (Lipinski definition) is 0. The summed E-state index contributed by atoms with van der Waals surface area (Å²) in [6.45, 7) is 5.60. The van der Waals surface area contributed by atoms with Gasteiger partial charge in [-0.15, -0.1) is 0 Å². The maximum atomic E-state index is 6.02. The third-order valence-electron chi connectivity index (χ3n) is 7.39. The molecule has 1 aliphatic rings. The minimum absolute atomic E-state index is 0.00365. The van der Waals surface area contributed by atoms with Crippen molar-refractivity contribution in [1.29, 1.82) is 0 Å². The van der Waals surface area contributed by atoms with Crippen LogP contribution in [0.25, 0.3) is 0 Å². The van der Waals surface area contributed by atoms with E-state index in [4.69, 9.17) is 14.2 Å². The van der Waals surface area contributed by atoms with E-state index in [1.165, 1.54) is 116 Å². The van der Waals surface area contributed by atoms with Crippen LogP contribution < -0.4 is 4.57 Å². The van der Waals surface area contributed by atoms with E-state index in [1.807, 2.05) is 0 Å². The second kappa shape index (κ2) is 23.2. The van der Waals surface area contributed by atoms with Gasteiger partial charge in [0.1, 0.15) is 12.6 Å². The summed E-state index contributed by atoms with van der Waals surface area (Å²) >= 11 is 0. The lowest BCUT2D eigenvalue weighted by Gasteiger charge is -2.12. The minimum atomic E-state index is -0.00365. The highest BCUT2D eigenvalue weighted by Crippen LogP contribution is 2.19. The fraction of sp³-hybridized carbons (Fsp3) is 0.844. The van der Waals surface area contributed by atoms with Crippen molar-refractivity contribution in [2.45, 2.75) is 154 Å². The monoisotopic (exact) mass is 504 g/mol. The fourth-order valence-corrected chi connectivity index (χ4v) is 5.08. The first-order valence-electron chi connectivity index (χ1n) is 15.7. The maximum absolute atomic E-state index is 6.02. The van der Waals surface area contributed by atoms with Gasteiger partial charge in [0, 0.05) is 25.2 Å². The molecule has 0 N–H and O–H groups in total. The van der Waals surface area contributed by atoms with Crippen LogP contribution in [0, 0.1) is 0 Å². The van der Waals surface area contributed by atoms with Crippen LogP contribution in [-0.4, -0.2) is 32.2 Å². The van der Waals surface area contributed by atoms with Gasteiger partial charge >= 0.3 is 0 Å². The van der Waals surface area contributed by atoms with Gasteiger partial charge < -0.3 is 14.2 Å². The Labute approximate surface area is 223 Å². The summed E-state index contributed by atoms with van der Waals surface area (Å²) in [6, 6.07) is 6.25. The predicted octanol–water partition coefficient (Wildman–Crippen LogP) is 8.55. The second-order valence-electron chi connectivity index (χ2n) is 10.9. The molecule has 2 atom stereocenters. The van der Waals surface area contributed by atoms with Crippen LogP contribution in [0.15, 0.2) is 30.6 Å². The van der Waals surface area contributed by atoms with Crippen LogP contribution in [0.2, 0.25) is 0 Å². The van der Waals surface area contributed by atoms with Gasteiger partial charge in [0.2, 0.25) is 0 Å². The van der Waals surface area contributed by atoms with Crippen LogP contribution in [0.3, 0.4) is 0 Å². The van der Waals surface area contributed by atoms with E-state index in [0.29, 0.717) is 13.2 Å². The molecule has 1 aromatic rings. The molecule has 4 nitrogen and oxygen atoms in total. The fourth-order valence-electron chi connectivity index (χ4n) is 5.08. The van der Waals surface area contributed by atoms with Crippen LogP contribution in [-0.2, 0) is 20.8 Å². The molecule has 1 aromatic heterocycles. The van der Waals surface area contributed by atoms with Crippen molar-refractivity contribution in [3.63, 3.8) is 0 Å². The number of ether oxygens (including phenoxy) is 3. The number of rotatable bonds is 25. The Morgan fingerprint density at radius 1 is 0.667 bits per heavy atom. The molecule has 0 amide bonds. The standard InChI is InChI=1S/C32H58NO3/c1-2-3-4-5-6-7-8-9-10-11-12-13-14-15-19-24-32-35-30-31(36-32)29-34-28-23-17-16-20-25-33-26-21-18-22-27-33/h18,21-22,26-27,31-32H,2-17,19-20,23-25,28-30H2,1H3/q+1/t31-,32-/m0/s1. The van der Waals surface area contributed by atoms with Gasteiger partial charge in [-0.1, -0.05) is 109 Å². The van der Waals surface area contributed by atoms with E-state index in [-0.39, 0.29) is 12.4 Å². The molecule has 0 bridgehead atoms. The Kier molecular flexibility index (Phi) is 20.1. The lowest BCUT2D eigenvalue weighted by Crippen LogP contribution is -2.32. The first kappa shape index (κ1) is 31.2. The Balaban J connectivity index is 1.26. The third kappa shape index (κ3) is 17.5. The van der Waals surface area contributed by atoms with Crippen LogP contribution in [0.5, 0.6) is 0 Å². The molecule has 0 unspecified atom stereocenters. The molecule has 0 saturated carbocycles. The predicted molar refractivity (Wildman–Crippen MR) is 150 cm³/mol. The molecule has 0 aliphatic carbocycles. The van der Waals surface area contributed by atoms with Gasteiger partial charge in [0.05, 0.1) is 13.2 Å². The van der Waals surface area contributed by atoms with E-state index in [0.717, 1.165) is 26.0 Å². The van der Waals surface area contributed by atoms with Crippen molar-refractivity contribution >= 4 is 0 Å². The van der Waals surface area contributed by atoms with Gasteiger partial charge in [-0.25, -0.2) is 4.57 Å². The largest absolute Gasteiger partial charge is 0.379 e. The minimum Gasteiger partial charge on any atom is -0.379 e. The van der Waals surface area contributed by atoms with Gasteiger partial charge in [-0.05, 0) is 25.7 Å². The quantitative estimate of drug-likeness (QED) is 0.0987. The van der Waals surface area contributed by atoms with Gasteiger partial charge in [0.15, 0.2) is 18.7 Å². The maximum Gasteiger partial charge on any atom is 0.168 e. The third-order valence-corrected chi connectivity index (χ3v) is 7.39. The molecular weight excluding hydrogens is 446 g/mol. The summed E-state index contributed by atoms with van der Waals surface area (Å²) in [5, 5.41) is 0. The van der Waals surface area contributed by atoms with E-state index < -0.39 is 0 Å². The number of nitrogens with zero attached hydrogens (tertiary/aromatic N) is 1. The lowest BCUT2D eigenvalue weighted by atomic mass is 10.0. The Morgan fingerprint density at radius 3 is 1.86 bits per heavy atom. The molecule has 0 radical (unpaired) electrons. The van der Waals surface area contributed by atoms with Crippen molar-refractivity contribution in [3.8, 4) is 0 Å². The van der Waals surface area contributed by atoms with Crippen molar-refractivity contribution in [3.05, 3.63) is 30.6 Å². The van der Waals surface area contributed by atoms with Gasteiger partial charge in [0.25, 0.3) is 0 Å². The van der Waals surface area contributed by atoms with Crippen molar-refractivity contribution in [2.75, 3.05) is 19.8 Å². The molecular formula is C32H58NO3+. The summed E-state index contributed by atoms with van der Waals surface area (Å²) in [4.78, 5) is 0. The molecule has 1 saturated heterocycles. The number of aryl methyl sites for hydroxylation is 1. The summed E-state index contributed by atoms with van der Waals surface area (Å²) in [5.74, 6) is 0. The summed E-state index contributed by atoms with van der Waals surface area (Å²) < 4.78 is 20.0. The van der Waals surface area contributed by atoms with E-state index in [1.54, 1.807) is 0 Å². The number of aromatic nitrogens is 1. The molecule has 2 rings (SSSR count). The zero-order chi connectivity index (χ0) is 25.4. The molecule has 4 heteroatoms. The topological polar surface area (TPSA) is 31.6 Å². The zero-order valence-electron chi connectivity index (χ0n) is 23.7. The smallest absolute Gasteiger partial charge is 0.168 e. The molecule has 36 heavy (non-hydrogen) atoms. The van der Waals surface area contributed by atoms with Crippen molar-refractivity contribution < 1.29 is 18.8 Å². The molecule has 0 spiro atoms. The highest BCUT2D eigenvalue weighted by atomic mass is 16.7.